The maximum atomic E-state index is 11.7. The first kappa shape index (κ1) is 17.5. The van der Waals surface area contributed by atoms with Crippen LogP contribution < -0.4 is 10.5 Å². The van der Waals surface area contributed by atoms with Crippen LogP contribution in [0.25, 0.3) is 0 Å². The Morgan fingerprint density at radius 3 is 2.43 bits per heavy atom. The van der Waals surface area contributed by atoms with E-state index in [1.54, 1.807) is 24.1 Å². The van der Waals surface area contributed by atoms with Crippen LogP contribution in [0.5, 0.6) is 0 Å². The number of hydrogen-bond donors (Lipinski definition) is 2. The summed E-state index contributed by atoms with van der Waals surface area (Å²) < 4.78 is 22.2. The summed E-state index contributed by atoms with van der Waals surface area (Å²) in [6.45, 7) is 3.33. The number of nitrogens with zero attached hydrogens (tertiary/aromatic N) is 1. The summed E-state index contributed by atoms with van der Waals surface area (Å²) in [7, 11) is -1.88. The molecule has 6 nitrogen and oxygen atoms in total. The van der Waals surface area contributed by atoms with Crippen LogP contribution in [0.4, 0.5) is 4.79 Å². The first-order chi connectivity index (χ1) is 9.84. The Morgan fingerprint density at radius 1 is 1.29 bits per heavy atom. The fraction of sp³-hybridized carbons (Fsp3) is 0.500. The molecule has 2 amide bonds. The van der Waals surface area contributed by atoms with Crippen LogP contribution in [0, 0.1) is 0 Å². The molecule has 0 aromatic heterocycles. The normalized spacial score (nSPS) is 11.2. The fourth-order valence-electron chi connectivity index (χ4n) is 1.79. The number of benzene rings is 1. The van der Waals surface area contributed by atoms with Gasteiger partial charge in [0.05, 0.1) is 4.90 Å². The van der Waals surface area contributed by atoms with E-state index >= 15 is 0 Å². The molecule has 0 aliphatic heterocycles. The van der Waals surface area contributed by atoms with Gasteiger partial charge >= 0.3 is 6.03 Å². The van der Waals surface area contributed by atoms with Crippen molar-refractivity contribution in [1.82, 2.24) is 10.2 Å². The van der Waals surface area contributed by atoms with E-state index < -0.39 is 10.0 Å². The Balaban J connectivity index is 2.41. The minimum atomic E-state index is -3.65. The lowest BCUT2D eigenvalue weighted by Crippen LogP contribution is -2.38. The summed E-state index contributed by atoms with van der Waals surface area (Å²) in [4.78, 5) is 13.5. The monoisotopic (exact) mass is 313 g/mol. The first-order valence-electron chi connectivity index (χ1n) is 6.95. The van der Waals surface area contributed by atoms with Crippen LogP contribution in [-0.4, -0.2) is 39.5 Å². The quantitative estimate of drug-likeness (QED) is 0.795. The number of nitrogens with two attached hydrogens (primary N) is 1. The zero-order chi connectivity index (χ0) is 15.9. The van der Waals surface area contributed by atoms with Gasteiger partial charge in [-0.15, -0.1) is 0 Å². The molecule has 3 N–H and O–H groups in total. The summed E-state index contributed by atoms with van der Waals surface area (Å²) in [5, 5.41) is 7.86. The summed E-state index contributed by atoms with van der Waals surface area (Å²) in [6.07, 6.45) is 2.67. The molecule has 0 saturated carbocycles. The second-order valence-electron chi connectivity index (χ2n) is 4.95. The minimum absolute atomic E-state index is 0.0922. The third-order valence-corrected chi connectivity index (χ3v) is 4.06. The standard InChI is InChI=1S/C14H23N3O3S/c1-3-4-11-17(2)14(18)16-10-9-12-5-7-13(8-6-12)21(15,19)20/h5-8H,3-4,9-11H2,1-2H3,(H,16,18)(H2,15,19,20). The zero-order valence-corrected chi connectivity index (χ0v) is 13.3. The van der Waals surface area contributed by atoms with Crippen LogP contribution >= 0.6 is 0 Å². The summed E-state index contributed by atoms with van der Waals surface area (Å²) in [5.41, 5.74) is 0.943. The minimum Gasteiger partial charge on any atom is -0.338 e. The zero-order valence-electron chi connectivity index (χ0n) is 12.5. The van der Waals surface area contributed by atoms with Crippen LogP contribution in [0.1, 0.15) is 25.3 Å². The van der Waals surface area contributed by atoms with Gasteiger partial charge in [0.1, 0.15) is 0 Å². The van der Waals surface area contributed by atoms with Gasteiger partial charge < -0.3 is 10.2 Å². The highest BCUT2D eigenvalue weighted by atomic mass is 32.2. The van der Waals surface area contributed by atoms with Crippen molar-refractivity contribution in [3.05, 3.63) is 29.8 Å². The summed E-state index contributed by atoms with van der Waals surface area (Å²) >= 11 is 0. The second-order valence-corrected chi connectivity index (χ2v) is 6.51. The Morgan fingerprint density at radius 2 is 1.90 bits per heavy atom. The predicted molar refractivity (Wildman–Crippen MR) is 82.5 cm³/mol. The van der Waals surface area contributed by atoms with Crippen molar-refractivity contribution in [3.8, 4) is 0 Å². The van der Waals surface area contributed by atoms with E-state index in [0.29, 0.717) is 13.0 Å². The third-order valence-electron chi connectivity index (χ3n) is 3.14. The Labute approximate surface area is 126 Å². The molecule has 0 aliphatic carbocycles. The van der Waals surface area contributed by atoms with Gasteiger partial charge in [0, 0.05) is 20.1 Å². The fourth-order valence-corrected chi connectivity index (χ4v) is 2.31. The molecule has 0 aliphatic rings. The molecule has 118 valence electrons. The molecule has 0 spiro atoms. The van der Waals surface area contributed by atoms with Gasteiger partial charge in [-0.2, -0.15) is 0 Å². The van der Waals surface area contributed by atoms with Gasteiger partial charge in [-0.05, 0) is 30.5 Å². The molecule has 0 atom stereocenters. The Kier molecular flexibility index (Phi) is 6.64. The smallest absolute Gasteiger partial charge is 0.317 e. The molecular weight excluding hydrogens is 290 g/mol. The SMILES string of the molecule is CCCCN(C)C(=O)NCCc1ccc(S(N)(=O)=O)cc1. The van der Waals surface area contributed by atoms with Crippen molar-refractivity contribution in [2.75, 3.05) is 20.1 Å². The number of nitrogens with one attached hydrogen (secondary N) is 1. The van der Waals surface area contributed by atoms with Gasteiger partial charge in [-0.25, -0.2) is 18.4 Å². The van der Waals surface area contributed by atoms with E-state index in [0.717, 1.165) is 24.9 Å². The van der Waals surface area contributed by atoms with Crippen LogP contribution in [0.3, 0.4) is 0 Å². The third kappa shape index (κ3) is 6.14. The number of amides is 2. The predicted octanol–water partition coefficient (Wildman–Crippen LogP) is 1.32. The second kappa shape index (κ2) is 7.99. The van der Waals surface area contributed by atoms with Gasteiger partial charge in [0.2, 0.25) is 10.0 Å². The number of unbranched alkanes of at least 4 members (excludes halogenated alkanes) is 1. The van der Waals surface area contributed by atoms with Gasteiger partial charge in [0.15, 0.2) is 0 Å². The lowest BCUT2D eigenvalue weighted by molar-refractivity contribution is 0.208. The molecule has 0 bridgehead atoms. The van der Waals surface area contributed by atoms with Crippen molar-refractivity contribution in [3.63, 3.8) is 0 Å². The molecule has 21 heavy (non-hydrogen) atoms. The summed E-state index contributed by atoms with van der Waals surface area (Å²) in [6, 6.07) is 6.25. The highest BCUT2D eigenvalue weighted by Gasteiger charge is 2.08. The molecular formula is C14H23N3O3S. The molecule has 0 radical (unpaired) electrons. The maximum Gasteiger partial charge on any atom is 0.317 e. The molecule has 1 aromatic carbocycles. The molecule has 7 heteroatoms. The summed E-state index contributed by atoms with van der Waals surface area (Å²) in [5.74, 6) is 0. The average Bonchev–Trinajstić information content (AvgIpc) is 2.44. The van der Waals surface area contributed by atoms with E-state index in [1.807, 2.05) is 0 Å². The van der Waals surface area contributed by atoms with Crippen LogP contribution in [0.2, 0.25) is 0 Å². The van der Waals surface area contributed by atoms with Gasteiger partial charge in [0.25, 0.3) is 0 Å². The topological polar surface area (TPSA) is 92.5 Å². The van der Waals surface area contributed by atoms with Crippen molar-refractivity contribution >= 4 is 16.1 Å². The van der Waals surface area contributed by atoms with E-state index in [-0.39, 0.29) is 10.9 Å². The van der Waals surface area contributed by atoms with Crippen molar-refractivity contribution in [2.45, 2.75) is 31.1 Å². The van der Waals surface area contributed by atoms with Crippen molar-refractivity contribution in [2.24, 2.45) is 5.14 Å². The van der Waals surface area contributed by atoms with Crippen molar-refractivity contribution in [1.29, 1.82) is 0 Å². The van der Waals surface area contributed by atoms with Gasteiger partial charge in [-0.3, -0.25) is 0 Å². The molecule has 1 aromatic rings. The van der Waals surface area contributed by atoms with Gasteiger partial charge in [-0.1, -0.05) is 25.5 Å². The number of carbonyl (C=O) groups is 1. The Hall–Kier alpha value is -1.60. The first-order valence-corrected chi connectivity index (χ1v) is 8.50. The molecule has 0 saturated heterocycles. The highest BCUT2D eigenvalue weighted by molar-refractivity contribution is 7.89. The van der Waals surface area contributed by atoms with E-state index in [1.165, 1.54) is 12.1 Å². The number of hydrogen-bond acceptors (Lipinski definition) is 3. The molecule has 0 fully saturated rings. The van der Waals surface area contributed by atoms with Crippen LogP contribution in [0.15, 0.2) is 29.2 Å². The number of primary sulfonamides is 1. The van der Waals surface area contributed by atoms with Crippen molar-refractivity contribution < 1.29 is 13.2 Å². The molecule has 0 unspecified atom stereocenters. The Bertz CT molecular complexity index is 555. The number of sulfonamides is 1. The number of carbonyl (C=O) groups excluding carboxylic acids is 1. The maximum absolute atomic E-state index is 11.7. The lowest BCUT2D eigenvalue weighted by Gasteiger charge is -2.17. The highest BCUT2D eigenvalue weighted by Crippen LogP contribution is 2.08. The number of urea groups is 1. The molecule has 1 rings (SSSR count). The largest absolute Gasteiger partial charge is 0.338 e. The lowest BCUT2D eigenvalue weighted by atomic mass is 10.1. The number of rotatable bonds is 7. The average molecular weight is 313 g/mol. The van der Waals surface area contributed by atoms with Crippen LogP contribution in [-0.2, 0) is 16.4 Å². The van der Waals surface area contributed by atoms with E-state index in [9.17, 15) is 13.2 Å². The van der Waals surface area contributed by atoms with E-state index in [4.69, 9.17) is 5.14 Å². The molecule has 0 heterocycles. The van der Waals surface area contributed by atoms with E-state index in [2.05, 4.69) is 12.2 Å².